The third-order valence-electron chi connectivity index (χ3n) is 5.42. The second-order valence-corrected chi connectivity index (χ2v) is 8.94. The zero-order valence-corrected chi connectivity index (χ0v) is 19.1. The molecule has 0 atom stereocenters. The Morgan fingerprint density at radius 3 is 2.69 bits per heavy atom. The Kier molecular flexibility index (Phi) is 5.67. The van der Waals surface area contributed by atoms with Gasteiger partial charge in [-0.2, -0.15) is 5.10 Å². The Morgan fingerprint density at radius 1 is 1.19 bits per heavy atom. The van der Waals surface area contributed by atoms with Crippen molar-refractivity contribution in [3.05, 3.63) is 54.0 Å². The molecule has 168 valence electrons. The monoisotopic (exact) mass is 437 g/mol. The van der Waals surface area contributed by atoms with Crippen LogP contribution >= 0.6 is 0 Å². The van der Waals surface area contributed by atoms with Gasteiger partial charge in [0.2, 0.25) is 0 Å². The first-order valence-electron chi connectivity index (χ1n) is 10.6. The quantitative estimate of drug-likeness (QED) is 0.550. The average molecular weight is 438 g/mol. The molecule has 32 heavy (non-hydrogen) atoms. The molecular weight excluding hydrogens is 409 g/mol. The van der Waals surface area contributed by atoms with Gasteiger partial charge in [-0.25, -0.2) is 9.18 Å². The molecule has 0 unspecified atom stereocenters. The highest BCUT2D eigenvalue weighted by molar-refractivity contribution is 5.94. The molecule has 2 heterocycles. The van der Waals surface area contributed by atoms with Crippen molar-refractivity contribution in [3.63, 3.8) is 0 Å². The molecule has 0 saturated carbocycles. The second kappa shape index (κ2) is 8.30. The lowest BCUT2D eigenvalue weighted by atomic mass is 9.99. The number of ether oxygens (including phenoxy) is 2. The number of fused-ring (bicyclic) bond motifs is 1. The van der Waals surface area contributed by atoms with Crippen molar-refractivity contribution in [2.24, 2.45) is 7.05 Å². The molecule has 6 nitrogen and oxygen atoms in total. The van der Waals surface area contributed by atoms with Crippen molar-refractivity contribution < 1.29 is 18.7 Å². The summed E-state index contributed by atoms with van der Waals surface area (Å²) < 4.78 is 27.3. The van der Waals surface area contributed by atoms with E-state index in [2.05, 4.69) is 11.2 Å². The topological polar surface area (TPSA) is 56.6 Å². The largest absolute Gasteiger partial charge is 0.496 e. The molecule has 0 spiro atoms. The van der Waals surface area contributed by atoms with Crippen molar-refractivity contribution >= 4 is 22.6 Å². The zero-order chi connectivity index (χ0) is 23.0. The Morgan fingerprint density at radius 2 is 1.97 bits per heavy atom. The van der Waals surface area contributed by atoms with Gasteiger partial charge in [0.15, 0.2) is 0 Å². The molecule has 4 rings (SSSR count). The second-order valence-electron chi connectivity index (χ2n) is 8.94. The number of carbonyl (C=O) groups is 1. The van der Waals surface area contributed by atoms with E-state index in [0.717, 1.165) is 28.6 Å². The highest BCUT2D eigenvalue weighted by Gasteiger charge is 2.26. The van der Waals surface area contributed by atoms with Gasteiger partial charge in [-0.05, 0) is 62.6 Å². The number of amides is 1. The Hall–Kier alpha value is -3.35. The number of aryl methyl sites for hydroxylation is 1. The molecule has 0 radical (unpaired) electrons. The lowest BCUT2D eigenvalue weighted by Gasteiger charge is -2.30. The van der Waals surface area contributed by atoms with Crippen molar-refractivity contribution in [1.29, 1.82) is 0 Å². The summed E-state index contributed by atoms with van der Waals surface area (Å²) >= 11 is 0. The van der Waals surface area contributed by atoms with Crippen molar-refractivity contribution in [2.75, 3.05) is 20.2 Å². The molecule has 1 aliphatic heterocycles. The number of nitrogens with zero attached hydrogens (tertiary/aromatic N) is 3. The van der Waals surface area contributed by atoms with Gasteiger partial charge in [0, 0.05) is 19.0 Å². The average Bonchev–Trinajstić information content (AvgIpc) is 3.07. The number of benzene rings is 2. The normalized spacial score (nSPS) is 14.4. The smallest absolute Gasteiger partial charge is 0.410 e. The predicted molar refractivity (Wildman–Crippen MR) is 123 cm³/mol. The van der Waals surface area contributed by atoms with E-state index in [-0.39, 0.29) is 11.9 Å². The molecule has 0 bridgehead atoms. The lowest BCUT2D eigenvalue weighted by molar-refractivity contribution is 0.0273. The Balaban J connectivity index is 1.69. The summed E-state index contributed by atoms with van der Waals surface area (Å²) in [5, 5.41) is 5.61. The van der Waals surface area contributed by atoms with Crippen LogP contribution in [0.25, 0.3) is 27.6 Å². The van der Waals surface area contributed by atoms with Crippen molar-refractivity contribution in [3.8, 4) is 16.9 Å². The lowest BCUT2D eigenvalue weighted by Crippen LogP contribution is -2.39. The van der Waals surface area contributed by atoms with Crippen LogP contribution in [0, 0.1) is 5.82 Å². The first-order valence-corrected chi connectivity index (χ1v) is 10.6. The molecule has 1 amide bonds. The van der Waals surface area contributed by atoms with Gasteiger partial charge >= 0.3 is 6.09 Å². The van der Waals surface area contributed by atoms with Crippen LogP contribution < -0.4 is 4.74 Å². The molecule has 1 aliphatic rings. The summed E-state index contributed by atoms with van der Waals surface area (Å²) in [6.45, 7) is 6.66. The van der Waals surface area contributed by atoms with E-state index in [4.69, 9.17) is 9.47 Å². The maximum absolute atomic E-state index is 14.6. The van der Waals surface area contributed by atoms with Crippen LogP contribution in [0.1, 0.15) is 32.9 Å². The van der Waals surface area contributed by atoms with Gasteiger partial charge < -0.3 is 14.4 Å². The molecule has 0 saturated heterocycles. The van der Waals surface area contributed by atoms with Gasteiger partial charge in [-0.15, -0.1) is 0 Å². The molecule has 0 fully saturated rings. The van der Waals surface area contributed by atoms with E-state index in [0.29, 0.717) is 30.0 Å². The molecule has 2 aromatic carbocycles. The minimum Gasteiger partial charge on any atom is -0.496 e. The highest BCUT2D eigenvalue weighted by Crippen LogP contribution is 2.36. The van der Waals surface area contributed by atoms with Gasteiger partial charge in [0.25, 0.3) is 0 Å². The van der Waals surface area contributed by atoms with Crippen LogP contribution in [-0.2, 0) is 11.8 Å². The maximum Gasteiger partial charge on any atom is 0.410 e. The van der Waals surface area contributed by atoms with Gasteiger partial charge in [-0.1, -0.05) is 18.2 Å². The summed E-state index contributed by atoms with van der Waals surface area (Å²) in [7, 11) is 3.41. The van der Waals surface area contributed by atoms with Crippen LogP contribution in [-0.4, -0.2) is 46.6 Å². The number of methoxy groups -OCH3 is 1. The molecule has 0 aliphatic carbocycles. The van der Waals surface area contributed by atoms with E-state index in [1.807, 2.05) is 50.7 Å². The van der Waals surface area contributed by atoms with Crippen molar-refractivity contribution in [2.45, 2.75) is 32.8 Å². The molecular formula is C25H28FN3O3. The van der Waals surface area contributed by atoms with E-state index >= 15 is 0 Å². The summed E-state index contributed by atoms with van der Waals surface area (Å²) in [6.07, 6.45) is 2.57. The number of carbonyl (C=O) groups excluding carboxylic acids is 1. The minimum absolute atomic E-state index is 0.316. The third-order valence-corrected chi connectivity index (χ3v) is 5.42. The fourth-order valence-electron chi connectivity index (χ4n) is 4.09. The summed E-state index contributed by atoms with van der Waals surface area (Å²) in [5.74, 6) is 0.131. The maximum atomic E-state index is 14.6. The first-order chi connectivity index (χ1) is 15.2. The number of hydrogen-bond donors (Lipinski definition) is 0. The fourth-order valence-corrected chi connectivity index (χ4v) is 4.09. The number of halogens is 1. The van der Waals surface area contributed by atoms with Crippen LogP contribution in [0.5, 0.6) is 5.75 Å². The predicted octanol–water partition coefficient (Wildman–Crippen LogP) is 5.41. The van der Waals surface area contributed by atoms with Crippen LogP contribution in [0.4, 0.5) is 9.18 Å². The van der Waals surface area contributed by atoms with Gasteiger partial charge in [-0.3, -0.25) is 4.68 Å². The summed E-state index contributed by atoms with van der Waals surface area (Å²) in [4.78, 5) is 14.3. The standard InChI is InChI=1S/C25H28FN3O3/c1-25(2,3)32-24(30)29-13-7-8-17(15-29)23-18-12-11-16(14-20(18)27-28(23)4)22-19(26)9-6-10-21(22)31-5/h6,8-12,14H,7,13,15H2,1-5H3. The molecule has 7 heteroatoms. The van der Waals surface area contributed by atoms with E-state index < -0.39 is 5.60 Å². The van der Waals surface area contributed by atoms with E-state index in [9.17, 15) is 9.18 Å². The Bertz CT molecular complexity index is 1210. The molecule has 0 N–H and O–H groups in total. The summed E-state index contributed by atoms with van der Waals surface area (Å²) in [5.41, 5.74) is 3.29. The minimum atomic E-state index is -0.540. The van der Waals surface area contributed by atoms with Gasteiger partial charge in [0.1, 0.15) is 17.2 Å². The molecule has 3 aromatic rings. The first kappa shape index (κ1) is 21.9. The molecule has 1 aromatic heterocycles. The van der Waals surface area contributed by atoms with Gasteiger partial charge in [0.05, 0.1) is 30.4 Å². The van der Waals surface area contributed by atoms with Crippen LogP contribution in [0.3, 0.4) is 0 Å². The van der Waals surface area contributed by atoms with Crippen LogP contribution in [0.2, 0.25) is 0 Å². The van der Waals surface area contributed by atoms with Crippen LogP contribution in [0.15, 0.2) is 42.5 Å². The fraction of sp³-hybridized carbons (Fsp3) is 0.360. The van der Waals surface area contributed by atoms with E-state index in [1.165, 1.54) is 13.2 Å². The zero-order valence-electron chi connectivity index (χ0n) is 19.1. The highest BCUT2D eigenvalue weighted by atomic mass is 19.1. The number of rotatable bonds is 3. The SMILES string of the molecule is COc1cccc(F)c1-c1ccc2c(C3=CCCN(C(=O)OC(C)(C)C)C3)n(C)nc2c1. The summed E-state index contributed by atoms with van der Waals surface area (Å²) in [6, 6.07) is 10.5. The number of hydrogen-bond acceptors (Lipinski definition) is 4. The Labute approximate surface area is 187 Å². The number of aromatic nitrogens is 2. The van der Waals surface area contributed by atoms with Crippen molar-refractivity contribution in [1.82, 2.24) is 14.7 Å². The van der Waals surface area contributed by atoms with E-state index in [1.54, 1.807) is 17.0 Å². The third kappa shape index (κ3) is 4.20.